The number of amides is 3. The van der Waals surface area contributed by atoms with E-state index >= 15 is 0 Å². The number of esters is 1. The number of ether oxygens (including phenoxy) is 1. The van der Waals surface area contributed by atoms with Gasteiger partial charge in [0.15, 0.2) is 6.61 Å². The van der Waals surface area contributed by atoms with E-state index in [-0.39, 0.29) is 6.54 Å². The van der Waals surface area contributed by atoms with Gasteiger partial charge in [-0.2, -0.15) is 0 Å². The van der Waals surface area contributed by atoms with Crippen LogP contribution in [0.3, 0.4) is 0 Å². The lowest BCUT2D eigenvalue weighted by atomic mass is 10.2. The maximum atomic E-state index is 11.5. The molecule has 0 radical (unpaired) electrons. The number of imide groups is 1. The van der Waals surface area contributed by atoms with E-state index in [0.29, 0.717) is 16.3 Å². The first-order valence-electron chi connectivity index (χ1n) is 7.23. The fourth-order valence-electron chi connectivity index (χ4n) is 1.75. The van der Waals surface area contributed by atoms with E-state index in [1.54, 1.807) is 36.4 Å². The second-order valence-corrected chi connectivity index (χ2v) is 5.24. The highest BCUT2D eigenvalue weighted by molar-refractivity contribution is 6.30. The molecule has 0 aliphatic carbocycles. The molecule has 0 aliphatic heterocycles. The Morgan fingerprint density at radius 1 is 1.20 bits per heavy atom. The molecule has 25 heavy (non-hydrogen) atoms. The van der Waals surface area contributed by atoms with Gasteiger partial charge < -0.3 is 14.5 Å². The highest BCUT2D eigenvalue weighted by Crippen LogP contribution is 2.11. The van der Waals surface area contributed by atoms with E-state index in [1.165, 1.54) is 12.3 Å². The minimum atomic E-state index is -0.749. The molecular weight excluding hydrogens is 348 g/mol. The molecule has 1 aromatic heterocycles. The van der Waals surface area contributed by atoms with Crippen LogP contribution in [0.1, 0.15) is 11.3 Å². The topological polar surface area (TPSA) is 97.6 Å². The van der Waals surface area contributed by atoms with E-state index in [4.69, 9.17) is 20.8 Å². The fourth-order valence-corrected chi connectivity index (χ4v) is 1.95. The Morgan fingerprint density at radius 3 is 2.76 bits per heavy atom. The summed E-state index contributed by atoms with van der Waals surface area (Å²) in [5.41, 5.74) is 0.714. The Kier molecular flexibility index (Phi) is 6.79. The Labute approximate surface area is 148 Å². The average molecular weight is 363 g/mol. The van der Waals surface area contributed by atoms with E-state index in [0.717, 1.165) is 6.08 Å². The van der Waals surface area contributed by atoms with Gasteiger partial charge in [-0.1, -0.05) is 23.7 Å². The third-order valence-corrected chi connectivity index (χ3v) is 3.10. The quantitative estimate of drug-likeness (QED) is 0.608. The Hall–Kier alpha value is -3.06. The van der Waals surface area contributed by atoms with Crippen molar-refractivity contribution in [2.24, 2.45) is 0 Å². The van der Waals surface area contributed by atoms with Crippen LogP contribution in [0.15, 0.2) is 53.2 Å². The van der Waals surface area contributed by atoms with Gasteiger partial charge in [0.1, 0.15) is 5.76 Å². The molecule has 1 heterocycles. The highest BCUT2D eigenvalue weighted by atomic mass is 35.5. The third kappa shape index (κ3) is 6.92. The van der Waals surface area contributed by atoms with Crippen molar-refractivity contribution in [2.45, 2.75) is 6.54 Å². The summed E-state index contributed by atoms with van der Waals surface area (Å²) in [6.07, 6.45) is 4.13. The molecule has 3 amide bonds. The summed E-state index contributed by atoms with van der Waals surface area (Å²) in [5, 5.41) is 4.99. The standard InChI is InChI=1S/C17H15ClN2O5/c18-13-4-1-3-12(9-13)6-7-16(22)25-11-15(21)20-17(23)19-10-14-5-2-8-24-14/h1-9H,10-11H2,(H2,19,20,21,23)/b7-6+. The molecule has 0 bridgehead atoms. The predicted octanol–water partition coefficient (Wildman–Crippen LogP) is 2.52. The monoisotopic (exact) mass is 362 g/mol. The van der Waals surface area contributed by atoms with Crippen molar-refractivity contribution in [3.8, 4) is 0 Å². The van der Waals surface area contributed by atoms with Crippen molar-refractivity contribution in [2.75, 3.05) is 6.61 Å². The van der Waals surface area contributed by atoms with Crippen LogP contribution in [-0.4, -0.2) is 24.5 Å². The first kappa shape index (κ1) is 18.3. The van der Waals surface area contributed by atoms with Crippen molar-refractivity contribution in [3.63, 3.8) is 0 Å². The molecule has 0 aliphatic rings. The van der Waals surface area contributed by atoms with E-state index < -0.39 is 24.5 Å². The maximum Gasteiger partial charge on any atom is 0.331 e. The van der Waals surface area contributed by atoms with Crippen molar-refractivity contribution in [1.29, 1.82) is 0 Å². The normalized spacial score (nSPS) is 10.4. The number of halogens is 1. The third-order valence-electron chi connectivity index (χ3n) is 2.86. The number of carbonyl (C=O) groups is 3. The smallest absolute Gasteiger partial charge is 0.331 e. The van der Waals surface area contributed by atoms with Crippen LogP contribution >= 0.6 is 11.6 Å². The molecule has 2 aromatic rings. The summed E-state index contributed by atoms with van der Waals surface area (Å²) in [6.45, 7) is -0.443. The molecule has 2 rings (SSSR count). The van der Waals surface area contributed by atoms with Crippen LogP contribution in [0.5, 0.6) is 0 Å². The summed E-state index contributed by atoms with van der Waals surface area (Å²) < 4.78 is 9.76. The number of rotatable bonds is 6. The molecule has 0 unspecified atom stereocenters. The number of hydrogen-bond donors (Lipinski definition) is 2. The summed E-state index contributed by atoms with van der Waals surface area (Å²) in [7, 11) is 0. The van der Waals surface area contributed by atoms with Gasteiger partial charge >= 0.3 is 12.0 Å². The van der Waals surface area contributed by atoms with E-state index in [9.17, 15) is 14.4 Å². The maximum absolute atomic E-state index is 11.5. The van der Waals surface area contributed by atoms with Crippen LogP contribution in [0.25, 0.3) is 6.08 Å². The average Bonchev–Trinajstić information content (AvgIpc) is 3.10. The van der Waals surface area contributed by atoms with Crippen LogP contribution in [0.4, 0.5) is 4.79 Å². The van der Waals surface area contributed by atoms with Crippen LogP contribution in [0.2, 0.25) is 5.02 Å². The van der Waals surface area contributed by atoms with Gasteiger partial charge in [0.05, 0.1) is 12.8 Å². The number of nitrogens with one attached hydrogen (secondary N) is 2. The van der Waals surface area contributed by atoms with E-state index in [2.05, 4.69) is 5.32 Å². The van der Waals surface area contributed by atoms with Crippen LogP contribution in [-0.2, 0) is 20.9 Å². The Balaban J connectivity index is 1.68. The van der Waals surface area contributed by atoms with Crippen LogP contribution in [0, 0.1) is 0 Å². The summed E-state index contributed by atoms with van der Waals surface area (Å²) in [4.78, 5) is 34.5. The predicted molar refractivity (Wildman–Crippen MR) is 90.5 cm³/mol. The SMILES string of the molecule is O=C(COC(=O)/C=C/c1cccc(Cl)c1)NC(=O)NCc1ccco1. The molecule has 0 atom stereocenters. The Morgan fingerprint density at radius 2 is 2.04 bits per heavy atom. The molecule has 0 fully saturated rings. The fraction of sp³-hybridized carbons (Fsp3) is 0.118. The molecule has 0 saturated heterocycles. The second kappa shape index (κ2) is 9.29. The van der Waals surface area contributed by atoms with Crippen molar-refractivity contribution < 1.29 is 23.5 Å². The minimum Gasteiger partial charge on any atom is -0.467 e. The number of hydrogen-bond acceptors (Lipinski definition) is 5. The zero-order valence-electron chi connectivity index (χ0n) is 13.0. The van der Waals surface area contributed by atoms with Crippen LogP contribution < -0.4 is 10.6 Å². The number of benzene rings is 1. The largest absolute Gasteiger partial charge is 0.467 e. The zero-order valence-corrected chi connectivity index (χ0v) is 13.8. The number of carbonyl (C=O) groups excluding carboxylic acids is 3. The highest BCUT2D eigenvalue weighted by Gasteiger charge is 2.10. The van der Waals surface area contributed by atoms with Gasteiger partial charge in [-0.25, -0.2) is 9.59 Å². The van der Waals surface area contributed by atoms with Gasteiger partial charge in [-0.05, 0) is 35.9 Å². The molecule has 130 valence electrons. The first-order valence-corrected chi connectivity index (χ1v) is 7.61. The van der Waals surface area contributed by atoms with Crippen molar-refractivity contribution >= 4 is 35.6 Å². The van der Waals surface area contributed by atoms with Gasteiger partial charge in [0.2, 0.25) is 0 Å². The van der Waals surface area contributed by atoms with Gasteiger partial charge in [0, 0.05) is 11.1 Å². The first-order chi connectivity index (χ1) is 12.0. The van der Waals surface area contributed by atoms with Gasteiger partial charge in [-0.15, -0.1) is 0 Å². The summed E-state index contributed by atoms with van der Waals surface area (Å²) in [5.74, 6) is -0.923. The minimum absolute atomic E-state index is 0.133. The molecule has 7 nitrogen and oxygen atoms in total. The molecular formula is C17H15ClN2O5. The lowest BCUT2D eigenvalue weighted by Gasteiger charge is -2.05. The van der Waals surface area contributed by atoms with Gasteiger partial charge in [-0.3, -0.25) is 10.1 Å². The van der Waals surface area contributed by atoms with Crippen molar-refractivity contribution in [1.82, 2.24) is 10.6 Å². The number of urea groups is 1. The summed E-state index contributed by atoms with van der Waals surface area (Å²) in [6, 6.07) is 9.51. The lowest BCUT2D eigenvalue weighted by Crippen LogP contribution is -2.41. The zero-order chi connectivity index (χ0) is 18.1. The second-order valence-electron chi connectivity index (χ2n) is 4.81. The molecule has 2 N–H and O–H groups in total. The molecule has 0 spiro atoms. The molecule has 1 aromatic carbocycles. The lowest BCUT2D eigenvalue weighted by molar-refractivity contribution is -0.143. The number of furan rings is 1. The Bertz CT molecular complexity index is 771. The van der Waals surface area contributed by atoms with E-state index in [1.807, 2.05) is 5.32 Å². The molecule has 0 saturated carbocycles. The van der Waals surface area contributed by atoms with Crippen molar-refractivity contribution in [3.05, 3.63) is 65.1 Å². The molecule has 8 heteroatoms. The summed E-state index contributed by atoms with van der Waals surface area (Å²) >= 11 is 5.82. The van der Waals surface area contributed by atoms with Gasteiger partial charge in [0.25, 0.3) is 5.91 Å².